The van der Waals surface area contributed by atoms with E-state index in [0.717, 1.165) is 11.1 Å². The van der Waals surface area contributed by atoms with Gasteiger partial charge in [0.05, 0.1) is 7.11 Å². The molecule has 0 bridgehead atoms. The Hall–Kier alpha value is -1.60. The zero-order chi connectivity index (χ0) is 13.9. The van der Waals surface area contributed by atoms with Crippen LogP contribution < -0.4 is 4.74 Å². The fourth-order valence-electron chi connectivity index (χ4n) is 1.31. The van der Waals surface area contributed by atoms with E-state index in [1.54, 1.807) is 13.0 Å². The number of hydrogen-bond acceptors (Lipinski definition) is 5. The molecule has 0 radical (unpaired) electrons. The van der Waals surface area contributed by atoms with E-state index in [1.807, 2.05) is 6.92 Å². The first-order valence-corrected chi connectivity index (χ1v) is 6.45. The number of methoxy groups -OCH3 is 1. The minimum atomic E-state index is -4.14. The summed E-state index contributed by atoms with van der Waals surface area (Å²) in [5.41, 5.74) is 1.61. The molecule has 0 aliphatic carbocycles. The maximum absolute atomic E-state index is 11.8. The Balaban J connectivity index is 3.23. The Bertz CT molecular complexity index is 561. The molecule has 0 aliphatic heterocycles. The molecule has 18 heavy (non-hydrogen) atoms. The van der Waals surface area contributed by atoms with Crippen LogP contribution in [0.25, 0.3) is 0 Å². The van der Waals surface area contributed by atoms with Gasteiger partial charge < -0.3 is 9.84 Å². The Labute approximate surface area is 105 Å². The van der Waals surface area contributed by atoms with Crippen LogP contribution in [0.3, 0.4) is 0 Å². The van der Waals surface area contributed by atoms with Crippen LogP contribution in [0, 0.1) is 13.8 Å². The summed E-state index contributed by atoms with van der Waals surface area (Å²) in [5.74, 6) is -1.23. The summed E-state index contributed by atoms with van der Waals surface area (Å²) in [4.78, 5) is 10.2. The molecule has 1 N–H and O–H groups in total. The molecule has 0 saturated heterocycles. The fraction of sp³-hybridized carbons (Fsp3) is 0.364. The van der Waals surface area contributed by atoms with E-state index in [-0.39, 0.29) is 10.6 Å². The van der Waals surface area contributed by atoms with Crippen LogP contribution >= 0.6 is 0 Å². The van der Waals surface area contributed by atoms with Gasteiger partial charge in [-0.25, -0.2) is 4.79 Å². The Morgan fingerprint density at radius 2 is 1.83 bits per heavy atom. The standard InChI is InChI=1S/C11H14O6S/c1-7-4-9(16-3)10(5-8(7)2)18(14,15)17-6-11(12)13/h4-5H,6H2,1-3H3,(H,12,13). The van der Waals surface area contributed by atoms with Gasteiger partial charge in [0, 0.05) is 0 Å². The van der Waals surface area contributed by atoms with Gasteiger partial charge >= 0.3 is 16.1 Å². The van der Waals surface area contributed by atoms with Gasteiger partial charge in [0.25, 0.3) is 0 Å². The Morgan fingerprint density at radius 1 is 1.28 bits per heavy atom. The number of carboxylic acids is 1. The van der Waals surface area contributed by atoms with E-state index in [9.17, 15) is 13.2 Å². The Morgan fingerprint density at radius 3 is 2.33 bits per heavy atom. The van der Waals surface area contributed by atoms with E-state index in [4.69, 9.17) is 9.84 Å². The van der Waals surface area contributed by atoms with E-state index in [2.05, 4.69) is 4.18 Å². The minimum Gasteiger partial charge on any atom is -0.495 e. The molecule has 1 aromatic carbocycles. The van der Waals surface area contributed by atoms with Crippen molar-refractivity contribution in [3.8, 4) is 5.75 Å². The van der Waals surface area contributed by atoms with Gasteiger partial charge in [0.15, 0.2) is 6.61 Å². The minimum absolute atomic E-state index is 0.128. The molecule has 0 fully saturated rings. The third-order valence-corrected chi connectivity index (χ3v) is 3.67. The second kappa shape index (κ2) is 5.36. The molecule has 100 valence electrons. The van der Waals surface area contributed by atoms with Gasteiger partial charge in [-0.05, 0) is 37.1 Å². The summed E-state index contributed by atoms with van der Waals surface area (Å²) in [7, 11) is -2.81. The van der Waals surface area contributed by atoms with Crippen molar-refractivity contribution in [3.05, 3.63) is 23.3 Å². The van der Waals surface area contributed by atoms with Crippen molar-refractivity contribution in [2.75, 3.05) is 13.7 Å². The highest BCUT2D eigenvalue weighted by Gasteiger charge is 2.22. The third-order valence-electron chi connectivity index (χ3n) is 2.39. The molecule has 0 unspecified atom stereocenters. The molecule has 0 saturated carbocycles. The number of carbonyl (C=O) groups is 1. The monoisotopic (exact) mass is 274 g/mol. The number of hydrogen-bond donors (Lipinski definition) is 1. The third kappa shape index (κ3) is 3.21. The van der Waals surface area contributed by atoms with E-state index in [1.165, 1.54) is 13.2 Å². The highest BCUT2D eigenvalue weighted by atomic mass is 32.2. The fourth-order valence-corrected chi connectivity index (χ4v) is 2.40. The average molecular weight is 274 g/mol. The molecule has 1 aromatic rings. The lowest BCUT2D eigenvalue weighted by Crippen LogP contribution is -2.14. The van der Waals surface area contributed by atoms with Crippen LogP contribution in [0.2, 0.25) is 0 Å². The molecule has 0 aromatic heterocycles. The molecule has 0 amide bonds. The first kappa shape index (κ1) is 14.5. The smallest absolute Gasteiger partial charge is 0.331 e. The van der Waals surface area contributed by atoms with Gasteiger partial charge in [-0.1, -0.05) is 0 Å². The largest absolute Gasteiger partial charge is 0.495 e. The quantitative estimate of drug-likeness (QED) is 0.809. The maximum atomic E-state index is 11.8. The molecular formula is C11H14O6S. The van der Waals surface area contributed by atoms with Crippen molar-refractivity contribution < 1.29 is 27.2 Å². The van der Waals surface area contributed by atoms with Crippen molar-refractivity contribution in [2.24, 2.45) is 0 Å². The lowest BCUT2D eigenvalue weighted by atomic mass is 10.1. The van der Waals surface area contributed by atoms with Gasteiger partial charge in [-0.3, -0.25) is 4.18 Å². The highest BCUT2D eigenvalue weighted by molar-refractivity contribution is 7.86. The van der Waals surface area contributed by atoms with Crippen LogP contribution in [-0.2, 0) is 19.1 Å². The molecule has 0 atom stereocenters. The number of aliphatic carboxylic acids is 1. The summed E-state index contributed by atoms with van der Waals surface area (Å²) in [6, 6.07) is 2.96. The summed E-state index contributed by atoms with van der Waals surface area (Å²) in [5, 5.41) is 8.43. The molecule has 0 aliphatic rings. The van der Waals surface area contributed by atoms with Crippen LogP contribution in [0.15, 0.2) is 17.0 Å². The normalized spacial score (nSPS) is 11.3. The molecule has 7 heteroatoms. The van der Waals surface area contributed by atoms with Gasteiger partial charge in [-0.2, -0.15) is 8.42 Å². The van der Waals surface area contributed by atoms with Crippen LogP contribution in [0.4, 0.5) is 0 Å². The topological polar surface area (TPSA) is 89.9 Å². The van der Waals surface area contributed by atoms with Crippen molar-refractivity contribution in [3.63, 3.8) is 0 Å². The SMILES string of the molecule is COc1cc(C)c(C)cc1S(=O)(=O)OCC(=O)O. The van der Waals surface area contributed by atoms with Crippen LogP contribution in [0.1, 0.15) is 11.1 Å². The maximum Gasteiger partial charge on any atom is 0.331 e. The number of rotatable bonds is 5. The van der Waals surface area contributed by atoms with Crippen molar-refractivity contribution in [1.29, 1.82) is 0 Å². The average Bonchev–Trinajstić information content (AvgIpc) is 2.29. The first-order valence-electron chi connectivity index (χ1n) is 5.04. The zero-order valence-corrected chi connectivity index (χ0v) is 11.1. The summed E-state index contributed by atoms with van der Waals surface area (Å²) in [6.07, 6.45) is 0. The lowest BCUT2D eigenvalue weighted by molar-refractivity contribution is -0.139. The van der Waals surface area contributed by atoms with Crippen molar-refractivity contribution >= 4 is 16.1 Å². The molecule has 0 spiro atoms. The second-order valence-electron chi connectivity index (χ2n) is 3.70. The van der Waals surface area contributed by atoms with Crippen LogP contribution in [0.5, 0.6) is 5.75 Å². The predicted octanol–water partition coefficient (Wildman–Crippen LogP) is 1.10. The van der Waals surface area contributed by atoms with E-state index < -0.39 is 22.7 Å². The van der Waals surface area contributed by atoms with E-state index in [0.29, 0.717) is 0 Å². The molecule has 0 heterocycles. The molecular weight excluding hydrogens is 260 g/mol. The Kier molecular flexibility index (Phi) is 4.31. The predicted molar refractivity (Wildman–Crippen MR) is 63.2 cm³/mol. The van der Waals surface area contributed by atoms with Crippen molar-refractivity contribution in [1.82, 2.24) is 0 Å². The van der Waals surface area contributed by atoms with Gasteiger partial charge in [-0.15, -0.1) is 0 Å². The number of carboxylic acid groups (broad SMARTS) is 1. The van der Waals surface area contributed by atoms with Gasteiger partial charge in [0.2, 0.25) is 0 Å². The summed E-state index contributed by atoms with van der Waals surface area (Å²) in [6.45, 7) is 2.63. The summed E-state index contributed by atoms with van der Waals surface area (Å²) < 4.78 is 33.0. The molecule has 1 rings (SSSR count). The first-order chi connectivity index (χ1) is 8.27. The number of aryl methyl sites for hydroxylation is 2. The second-order valence-corrected chi connectivity index (χ2v) is 5.28. The summed E-state index contributed by atoms with van der Waals surface area (Å²) >= 11 is 0. The van der Waals surface area contributed by atoms with Crippen molar-refractivity contribution in [2.45, 2.75) is 18.7 Å². The van der Waals surface area contributed by atoms with Crippen LogP contribution in [-0.4, -0.2) is 33.2 Å². The van der Waals surface area contributed by atoms with Gasteiger partial charge in [0.1, 0.15) is 10.6 Å². The number of ether oxygens (including phenoxy) is 1. The highest BCUT2D eigenvalue weighted by Crippen LogP contribution is 2.28. The van der Waals surface area contributed by atoms with E-state index >= 15 is 0 Å². The number of benzene rings is 1. The zero-order valence-electron chi connectivity index (χ0n) is 10.3. The molecule has 6 nitrogen and oxygen atoms in total. The lowest BCUT2D eigenvalue weighted by Gasteiger charge is -2.11.